The molecule has 0 aliphatic carbocycles. The minimum Gasteiger partial charge on any atom is -0.391 e. The average molecular weight is 1170 g/mol. The molecular formula is C72H148N2O6P+. The second-order valence-corrected chi connectivity index (χ2v) is 28.5. The smallest absolute Gasteiger partial charge is 0.391 e. The summed E-state index contributed by atoms with van der Waals surface area (Å²) in [6, 6.07) is -0.756. The average Bonchev–Trinajstić information content (AvgIpc) is 3.43. The summed E-state index contributed by atoms with van der Waals surface area (Å²) in [4.78, 5) is 23.4. The van der Waals surface area contributed by atoms with Crippen LogP contribution >= 0.6 is 7.82 Å². The van der Waals surface area contributed by atoms with Crippen molar-refractivity contribution in [1.82, 2.24) is 5.32 Å². The Morgan fingerprint density at radius 3 is 0.827 bits per heavy atom. The van der Waals surface area contributed by atoms with Gasteiger partial charge in [0.05, 0.1) is 39.9 Å². The molecule has 8 nitrogen and oxygen atoms in total. The number of hydrogen-bond acceptors (Lipinski definition) is 5. The summed E-state index contributed by atoms with van der Waals surface area (Å²) in [6.45, 7) is 4.96. The maximum Gasteiger partial charge on any atom is 0.472 e. The van der Waals surface area contributed by atoms with Gasteiger partial charge >= 0.3 is 7.82 Å². The summed E-state index contributed by atoms with van der Waals surface area (Å²) in [6.07, 6.45) is 81.0. The Morgan fingerprint density at radius 2 is 0.593 bits per heavy atom. The number of phosphoric ester groups is 1. The summed E-state index contributed by atoms with van der Waals surface area (Å²) in [5, 5.41) is 14.1. The number of nitrogens with one attached hydrogen (secondary N) is 1. The van der Waals surface area contributed by atoms with Crippen LogP contribution in [-0.2, 0) is 18.4 Å². The van der Waals surface area contributed by atoms with Crippen molar-refractivity contribution in [3.8, 4) is 0 Å². The summed E-state index contributed by atoms with van der Waals surface area (Å²) in [5.41, 5.74) is 0. The number of likely N-dealkylation sites (N-methyl/N-ethyl adjacent to an activating group) is 1. The molecule has 486 valence electrons. The second-order valence-electron chi connectivity index (χ2n) is 27.0. The van der Waals surface area contributed by atoms with E-state index in [4.69, 9.17) is 9.05 Å². The Morgan fingerprint density at radius 1 is 0.370 bits per heavy atom. The molecule has 1 amide bonds. The van der Waals surface area contributed by atoms with Gasteiger partial charge in [-0.25, -0.2) is 4.57 Å². The lowest BCUT2D eigenvalue weighted by Gasteiger charge is -2.26. The number of aliphatic hydroxyl groups is 1. The third-order valence-corrected chi connectivity index (χ3v) is 18.6. The maximum atomic E-state index is 13.1. The lowest BCUT2D eigenvalue weighted by molar-refractivity contribution is -0.870. The van der Waals surface area contributed by atoms with Gasteiger partial charge in [-0.3, -0.25) is 13.8 Å². The molecule has 3 atom stereocenters. The van der Waals surface area contributed by atoms with Crippen LogP contribution in [0.2, 0.25) is 0 Å². The van der Waals surface area contributed by atoms with E-state index in [0.717, 1.165) is 38.5 Å². The molecule has 0 aliphatic heterocycles. The zero-order chi connectivity index (χ0) is 59.1. The quantitative estimate of drug-likeness (QED) is 0.0318. The molecule has 3 N–H and O–H groups in total. The number of unbranched alkanes of at least 4 members (excludes halogenated alkanes) is 57. The first-order valence-electron chi connectivity index (χ1n) is 36.9. The van der Waals surface area contributed by atoms with Gasteiger partial charge in [-0.2, -0.15) is 0 Å². The first-order valence-corrected chi connectivity index (χ1v) is 38.4. The highest BCUT2D eigenvalue weighted by Crippen LogP contribution is 2.43. The number of rotatable bonds is 70. The number of quaternary nitrogens is 1. The number of carbonyl (C=O) groups excluding carboxylic acids is 1. The van der Waals surface area contributed by atoms with Crippen molar-refractivity contribution in [3.63, 3.8) is 0 Å². The molecule has 0 saturated heterocycles. The van der Waals surface area contributed by atoms with Crippen molar-refractivity contribution < 1.29 is 32.9 Å². The zero-order valence-corrected chi connectivity index (χ0v) is 56.7. The molecule has 3 unspecified atom stereocenters. The molecule has 0 radical (unpaired) electrons. The molecule has 9 heteroatoms. The van der Waals surface area contributed by atoms with Gasteiger partial charge in [-0.05, 0) is 12.8 Å². The first-order chi connectivity index (χ1) is 39.5. The Labute approximate surface area is 508 Å². The SMILES string of the molecule is CCCCCCCCCCCCCCCCCCCCCCCCCCCCCCCCCCCCCCCCCCC(=O)NC(COP(=O)(O)OCC[N+](C)(C)C)C(O)CCCCCCCCCCCCCCCCCCCCC. The summed E-state index contributed by atoms with van der Waals surface area (Å²) in [7, 11) is 1.64. The van der Waals surface area contributed by atoms with E-state index >= 15 is 0 Å². The minimum absolute atomic E-state index is 0.0794. The van der Waals surface area contributed by atoms with Crippen molar-refractivity contribution in [2.45, 2.75) is 418 Å². The topological polar surface area (TPSA) is 105 Å². The van der Waals surface area contributed by atoms with Crippen LogP contribution in [-0.4, -0.2) is 73.4 Å². The molecule has 0 saturated carbocycles. The monoisotopic (exact) mass is 1170 g/mol. The summed E-state index contributed by atoms with van der Waals surface area (Å²) < 4.78 is 23.9. The van der Waals surface area contributed by atoms with Crippen molar-refractivity contribution in [2.75, 3.05) is 40.9 Å². The third kappa shape index (κ3) is 66.9. The lowest BCUT2D eigenvalue weighted by atomic mass is 10.0. The molecule has 81 heavy (non-hydrogen) atoms. The van der Waals surface area contributed by atoms with Crippen LogP contribution in [0.5, 0.6) is 0 Å². The predicted octanol–water partition coefficient (Wildman–Crippen LogP) is 23.5. The molecule has 0 fully saturated rings. The van der Waals surface area contributed by atoms with Gasteiger partial charge in [0, 0.05) is 6.42 Å². The molecule has 0 rings (SSSR count). The van der Waals surface area contributed by atoms with Crippen LogP contribution in [0.3, 0.4) is 0 Å². The number of aliphatic hydroxyl groups excluding tert-OH is 1. The number of carbonyl (C=O) groups is 1. The van der Waals surface area contributed by atoms with Crippen molar-refractivity contribution in [3.05, 3.63) is 0 Å². The van der Waals surface area contributed by atoms with Crippen molar-refractivity contribution in [2.24, 2.45) is 0 Å². The van der Waals surface area contributed by atoms with Crippen molar-refractivity contribution in [1.29, 1.82) is 0 Å². The highest BCUT2D eigenvalue weighted by Gasteiger charge is 2.28. The fourth-order valence-corrected chi connectivity index (χ4v) is 12.6. The summed E-state index contributed by atoms with van der Waals surface area (Å²) >= 11 is 0. The van der Waals surface area contributed by atoms with Crippen LogP contribution < -0.4 is 5.32 Å². The van der Waals surface area contributed by atoms with Crippen molar-refractivity contribution >= 4 is 13.7 Å². The van der Waals surface area contributed by atoms with Crippen LogP contribution in [0, 0.1) is 0 Å². The molecule has 0 spiro atoms. The van der Waals surface area contributed by atoms with E-state index in [1.807, 2.05) is 21.1 Å². The van der Waals surface area contributed by atoms with Gasteiger partial charge in [0.15, 0.2) is 0 Å². The van der Waals surface area contributed by atoms with Gasteiger partial charge in [0.2, 0.25) is 5.91 Å². The van der Waals surface area contributed by atoms with Crippen LogP contribution in [0.4, 0.5) is 0 Å². The number of nitrogens with zero attached hydrogens (tertiary/aromatic N) is 1. The Kier molecular flexibility index (Phi) is 63.6. The third-order valence-electron chi connectivity index (χ3n) is 17.6. The minimum atomic E-state index is -4.32. The molecule has 0 aromatic heterocycles. The molecule has 0 heterocycles. The summed E-state index contributed by atoms with van der Waals surface area (Å²) in [5.74, 6) is -0.133. The predicted molar refractivity (Wildman–Crippen MR) is 356 cm³/mol. The van der Waals surface area contributed by atoms with Gasteiger partial charge in [-0.15, -0.1) is 0 Å². The molecule has 0 aromatic carbocycles. The van der Waals surface area contributed by atoms with Crippen LogP contribution in [0.1, 0.15) is 406 Å². The van der Waals surface area contributed by atoms with E-state index in [-0.39, 0.29) is 19.1 Å². The Bertz CT molecular complexity index is 1280. The van der Waals surface area contributed by atoms with Gasteiger partial charge in [-0.1, -0.05) is 386 Å². The van der Waals surface area contributed by atoms with Gasteiger partial charge in [0.25, 0.3) is 0 Å². The van der Waals surface area contributed by atoms with E-state index in [2.05, 4.69) is 19.2 Å². The second kappa shape index (κ2) is 64.0. The Hall–Kier alpha value is -0.500. The first kappa shape index (κ1) is 80.5. The number of amides is 1. The highest BCUT2D eigenvalue weighted by molar-refractivity contribution is 7.47. The van der Waals surface area contributed by atoms with Crippen LogP contribution in [0.25, 0.3) is 0 Å². The molecular weight excluding hydrogens is 1020 g/mol. The molecule has 0 bridgehead atoms. The fraction of sp³-hybridized carbons (Fsp3) is 0.986. The highest BCUT2D eigenvalue weighted by atomic mass is 31.2. The van der Waals surface area contributed by atoms with E-state index in [1.54, 1.807) is 0 Å². The van der Waals surface area contributed by atoms with E-state index in [9.17, 15) is 19.4 Å². The van der Waals surface area contributed by atoms with Gasteiger partial charge < -0.3 is 19.8 Å². The number of phosphoric acid groups is 1. The van der Waals surface area contributed by atoms with E-state index in [0.29, 0.717) is 23.9 Å². The van der Waals surface area contributed by atoms with E-state index < -0.39 is 20.0 Å². The van der Waals surface area contributed by atoms with E-state index in [1.165, 1.54) is 340 Å². The van der Waals surface area contributed by atoms with Crippen LogP contribution in [0.15, 0.2) is 0 Å². The molecule has 0 aliphatic rings. The largest absolute Gasteiger partial charge is 0.472 e. The standard InChI is InChI=1S/C72H147N2O6P/c1-6-8-10-12-14-16-18-20-22-24-26-27-28-29-30-31-32-33-34-35-36-37-38-39-40-41-42-43-44-45-46-48-50-52-54-56-58-60-62-64-66-72(76)73-70(69-80-81(77,78)79-68-67-74(3,4)5)71(75)65-63-61-59-57-55-53-51-49-47-25-23-21-19-17-15-13-11-9-7-2/h70-71,75H,6-69H2,1-5H3,(H-,73,76,77,78)/p+1. The maximum absolute atomic E-state index is 13.1. The zero-order valence-electron chi connectivity index (χ0n) is 55.8. The lowest BCUT2D eigenvalue weighted by Crippen LogP contribution is -2.46. The fourth-order valence-electron chi connectivity index (χ4n) is 11.9. The molecule has 0 aromatic rings. The Balaban J connectivity index is 3.83. The normalized spacial score (nSPS) is 13.5. The number of hydrogen-bond donors (Lipinski definition) is 3. The van der Waals surface area contributed by atoms with Gasteiger partial charge in [0.1, 0.15) is 13.2 Å².